The molecule has 2 atom stereocenters. The number of alkyl halides is 3. The van der Waals surface area contributed by atoms with Gasteiger partial charge in [0.2, 0.25) is 11.8 Å². The summed E-state index contributed by atoms with van der Waals surface area (Å²) in [6, 6.07) is 6.09. The maximum absolute atomic E-state index is 13.8. The molecule has 10 heteroatoms. The average Bonchev–Trinajstić information content (AvgIpc) is 3.05. The van der Waals surface area contributed by atoms with Crippen LogP contribution < -0.4 is 9.80 Å². The molecule has 0 bridgehead atoms. The zero-order valence-corrected chi connectivity index (χ0v) is 16.6. The summed E-state index contributed by atoms with van der Waals surface area (Å²) < 4.78 is 42.9. The van der Waals surface area contributed by atoms with Gasteiger partial charge in [0.1, 0.15) is 18.4 Å². The number of thioether (sulfide) groups is 1. The van der Waals surface area contributed by atoms with Gasteiger partial charge in [-0.2, -0.15) is 18.3 Å². The van der Waals surface area contributed by atoms with Crippen molar-refractivity contribution in [2.24, 2.45) is 0 Å². The van der Waals surface area contributed by atoms with E-state index in [4.69, 9.17) is 0 Å². The summed E-state index contributed by atoms with van der Waals surface area (Å²) in [4.78, 5) is 28.4. The van der Waals surface area contributed by atoms with Crippen LogP contribution in [-0.2, 0) is 9.59 Å². The number of halogens is 3. The Morgan fingerprint density at radius 2 is 2.03 bits per heavy atom. The molecule has 0 radical (unpaired) electrons. The number of anilines is 2. The number of aryl methyl sites for hydroxylation is 1. The molecule has 6 nitrogen and oxygen atoms in total. The lowest BCUT2D eigenvalue weighted by Gasteiger charge is -2.40. The minimum Gasteiger partial charge on any atom is -0.301 e. The topological polar surface area (TPSA) is 58.4 Å². The third kappa shape index (κ3) is 3.50. The number of carbonyl (C=O) groups is 2. The number of para-hydroxylation sites is 1. The van der Waals surface area contributed by atoms with E-state index in [2.05, 4.69) is 5.10 Å². The lowest BCUT2D eigenvalue weighted by atomic mass is 10.0. The molecule has 2 aliphatic rings. The van der Waals surface area contributed by atoms with Gasteiger partial charge in [-0.15, -0.1) is 11.8 Å². The summed E-state index contributed by atoms with van der Waals surface area (Å²) in [5, 5.41) is 4.25. The van der Waals surface area contributed by atoms with E-state index in [1.54, 1.807) is 26.0 Å². The minimum absolute atomic E-state index is 0.112. The zero-order valence-electron chi connectivity index (χ0n) is 15.8. The van der Waals surface area contributed by atoms with Crippen LogP contribution in [0.25, 0.3) is 0 Å². The third-order valence-electron chi connectivity index (χ3n) is 5.13. The first-order chi connectivity index (χ1) is 13.7. The van der Waals surface area contributed by atoms with Gasteiger partial charge in [-0.05, 0) is 32.4 Å². The molecule has 4 rings (SSSR count). The highest BCUT2D eigenvalue weighted by Crippen LogP contribution is 2.40. The molecule has 0 fully saturated rings. The van der Waals surface area contributed by atoms with E-state index in [0.29, 0.717) is 11.4 Å². The van der Waals surface area contributed by atoms with Crippen molar-refractivity contribution in [1.29, 1.82) is 0 Å². The zero-order chi connectivity index (χ0) is 20.9. The number of benzene rings is 1. The Labute approximate surface area is 169 Å². The maximum Gasteiger partial charge on any atom is 0.409 e. The fourth-order valence-electron chi connectivity index (χ4n) is 3.82. The number of carbonyl (C=O) groups excluding carboxylic acids is 2. The molecule has 0 saturated heterocycles. The molecular formula is C19H19F3N4O2S. The summed E-state index contributed by atoms with van der Waals surface area (Å²) in [6.45, 7) is 2.87. The third-order valence-corrected chi connectivity index (χ3v) is 6.17. The summed E-state index contributed by atoms with van der Waals surface area (Å²) in [5.74, 6) is -0.835. The fourth-order valence-corrected chi connectivity index (χ4v) is 4.75. The number of aromatic nitrogens is 2. The Morgan fingerprint density at radius 3 is 2.76 bits per heavy atom. The van der Waals surface area contributed by atoms with Crippen LogP contribution in [-0.4, -0.2) is 46.1 Å². The van der Waals surface area contributed by atoms with Crippen LogP contribution in [0.1, 0.15) is 25.1 Å². The quantitative estimate of drug-likeness (QED) is 0.740. The van der Waals surface area contributed by atoms with Crippen LogP contribution in [0.4, 0.5) is 24.7 Å². The first kappa shape index (κ1) is 19.8. The SMILES string of the molecule is Cc1cc2n(n1)[C@@H](C)C[C@H](C(F)(F)F)N2C(=O)CN1C(=O)CSc2ccccc21. The van der Waals surface area contributed by atoms with Crippen molar-refractivity contribution in [3.63, 3.8) is 0 Å². The van der Waals surface area contributed by atoms with E-state index < -0.39 is 30.7 Å². The second-order valence-electron chi connectivity index (χ2n) is 7.23. The van der Waals surface area contributed by atoms with Gasteiger partial charge in [0.05, 0.1) is 23.2 Å². The van der Waals surface area contributed by atoms with Gasteiger partial charge in [-0.25, -0.2) is 4.68 Å². The summed E-state index contributed by atoms with van der Waals surface area (Å²) >= 11 is 1.35. The molecule has 3 heterocycles. The van der Waals surface area contributed by atoms with Crippen LogP contribution in [0.3, 0.4) is 0 Å². The molecule has 0 saturated carbocycles. The van der Waals surface area contributed by atoms with Crippen molar-refractivity contribution >= 4 is 35.1 Å². The molecule has 1 aromatic carbocycles. The van der Waals surface area contributed by atoms with E-state index in [0.717, 1.165) is 9.80 Å². The monoisotopic (exact) mass is 424 g/mol. The second kappa shape index (κ2) is 7.08. The van der Waals surface area contributed by atoms with Crippen molar-refractivity contribution in [3.8, 4) is 0 Å². The van der Waals surface area contributed by atoms with Crippen molar-refractivity contribution in [2.75, 3.05) is 22.1 Å². The Kier molecular flexibility index (Phi) is 4.84. The number of amides is 2. The van der Waals surface area contributed by atoms with Gasteiger partial charge < -0.3 is 4.90 Å². The first-order valence-corrected chi connectivity index (χ1v) is 10.1. The molecule has 154 valence electrons. The molecule has 29 heavy (non-hydrogen) atoms. The smallest absolute Gasteiger partial charge is 0.301 e. The number of hydrogen-bond donors (Lipinski definition) is 0. The van der Waals surface area contributed by atoms with Crippen LogP contribution in [0.5, 0.6) is 0 Å². The standard InChI is InChI=1S/C19H19F3N4O2S/c1-11-7-16-25(15(19(20,21)22)8-12(2)26(16)23-11)17(27)9-24-13-5-3-4-6-14(13)29-10-18(24)28/h3-7,12,15H,8-10H2,1-2H3/t12-,15+/m0/s1. The van der Waals surface area contributed by atoms with Crippen molar-refractivity contribution < 1.29 is 22.8 Å². The molecular weight excluding hydrogens is 405 g/mol. The Hall–Kier alpha value is -2.49. The van der Waals surface area contributed by atoms with Gasteiger partial charge in [-0.3, -0.25) is 14.5 Å². The highest BCUT2D eigenvalue weighted by atomic mass is 32.2. The van der Waals surface area contributed by atoms with Crippen molar-refractivity contribution in [1.82, 2.24) is 9.78 Å². The van der Waals surface area contributed by atoms with Gasteiger partial charge in [0.25, 0.3) is 0 Å². The largest absolute Gasteiger partial charge is 0.409 e. The number of hydrogen-bond acceptors (Lipinski definition) is 4. The summed E-state index contributed by atoms with van der Waals surface area (Å²) in [6.07, 6.45) is -4.88. The first-order valence-electron chi connectivity index (χ1n) is 9.14. The van der Waals surface area contributed by atoms with Crippen molar-refractivity contribution in [3.05, 3.63) is 36.0 Å². The molecule has 2 aromatic rings. The Balaban J connectivity index is 1.71. The minimum atomic E-state index is -4.59. The summed E-state index contributed by atoms with van der Waals surface area (Å²) in [7, 11) is 0. The normalized spacial score (nSPS) is 21.8. The Bertz CT molecular complexity index is 975. The van der Waals surface area contributed by atoms with Gasteiger partial charge in [-0.1, -0.05) is 12.1 Å². The van der Waals surface area contributed by atoms with Gasteiger partial charge in [0.15, 0.2) is 0 Å². The van der Waals surface area contributed by atoms with E-state index in [1.807, 2.05) is 12.1 Å². The van der Waals surface area contributed by atoms with Crippen molar-refractivity contribution in [2.45, 2.75) is 43.4 Å². The van der Waals surface area contributed by atoms with Crippen LogP contribution >= 0.6 is 11.8 Å². The van der Waals surface area contributed by atoms with Gasteiger partial charge >= 0.3 is 6.18 Å². The highest BCUT2D eigenvalue weighted by molar-refractivity contribution is 8.00. The molecule has 2 amide bonds. The Morgan fingerprint density at radius 1 is 1.31 bits per heavy atom. The molecule has 1 aromatic heterocycles. The second-order valence-corrected chi connectivity index (χ2v) is 8.25. The highest BCUT2D eigenvalue weighted by Gasteiger charge is 2.50. The average molecular weight is 424 g/mol. The molecule has 2 aliphatic heterocycles. The molecule has 0 aliphatic carbocycles. The summed E-state index contributed by atoms with van der Waals surface area (Å²) in [5.41, 5.74) is 1.07. The van der Waals surface area contributed by atoms with Crippen LogP contribution in [0, 0.1) is 6.92 Å². The lowest BCUT2D eigenvalue weighted by molar-refractivity contribution is -0.158. The molecule has 0 spiro atoms. The number of fused-ring (bicyclic) bond motifs is 2. The van der Waals surface area contributed by atoms with Gasteiger partial charge in [0, 0.05) is 11.0 Å². The fraction of sp³-hybridized carbons (Fsp3) is 0.421. The maximum atomic E-state index is 13.8. The molecule has 0 N–H and O–H groups in total. The van der Waals surface area contributed by atoms with E-state index in [9.17, 15) is 22.8 Å². The van der Waals surface area contributed by atoms with E-state index >= 15 is 0 Å². The van der Waals surface area contributed by atoms with E-state index in [-0.39, 0.29) is 23.9 Å². The van der Waals surface area contributed by atoms with E-state index in [1.165, 1.54) is 27.4 Å². The number of nitrogens with zero attached hydrogens (tertiary/aromatic N) is 4. The van der Waals surface area contributed by atoms with Crippen LogP contribution in [0.15, 0.2) is 35.2 Å². The molecule has 0 unspecified atom stereocenters. The number of rotatable bonds is 2. The predicted molar refractivity (Wildman–Crippen MR) is 103 cm³/mol. The van der Waals surface area contributed by atoms with Crippen LogP contribution in [0.2, 0.25) is 0 Å². The predicted octanol–water partition coefficient (Wildman–Crippen LogP) is 3.56. The lowest BCUT2D eigenvalue weighted by Crippen LogP contribution is -2.56.